The van der Waals surface area contributed by atoms with Gasteiger partial charge in [-0.3, -0.25) is 3.97 Å². The average molecular weight is 419 g/mol. The monoisotopic (exact) mass is 418 g/mol. The summed E-state index contributed by atoms with van der Waals surface area (Å²) in [7, 11) is 1.52. The minimum atomic E-state index is 0.208. The molecule has 0 aliphatic carbocycles. The Kier molecular flexibility index (Phi) is 3.66. The van der Waals surface area contributed by atoms with Crippen LogP contribution in [0.15, 0.2) is 24.4 Å². The third kappa shape index (κ3) is 2.33. The van der Waals surface area contributed by atoms with Gasteiger partial charge in [0.05, 0.1) is 10.6 Å². The summed E-state index contributed by atoms with van der Waals surface area (Å²) in [6.45, 7) is 0. The first-order valence-electron chi connectivity index (χ1n) is 5.07. The Morgan fingerprint density at radius 3 is 2.89 bits per heavy atom. The SMILES string of the molecule is N#Cc1ccc(-c2nc(Cl)nc3c2ccn3SI)s1. The molecule has 0 atom stereocenters. The van der Waals surface area contributed by atoms with Crippen molar-refractivity contribution in [3.63, 3.8) is 0 Å². The van der Waals surface area contributed by atoms with E-state index < -0.39 is 0 Å². The topological polar surface area (TPSA) is 54.5 Å². The van der Waals surface area contributed by atoms with E-state index in [4.69, 9.17) is 16.9 Å². The molecule has 94 valence electrons. The first kappa shape index (κ1) is 13.2. The summed E-state index contributed by atoms with van der Waals surface area (Å²) in [4.78, 5) is 10.1. The van der Waals surface area contributed by atoms with Crippen LogP contribution in [-0.2, 0) is 0 Å². The fraction of sp³-hybridized carbons (Fsp3) is 0. The molecule has 0 amide bonds. The zero-order chi connectivity index (χ0) is 13.4. The number of halogens is 2. The van der Waals surface area contributed by atoms with Crippen LogP contribution in [0, 0.1) is 11.3 Å². The zero-order valence-electron chi connectivity index (χ0n) is 9.17. The highest BCUT2D eigenvalue weighted by Crippen LogP contribution is 2.34. The summed E-state index contributed by atoms with van der Waals surface area (Å²) in [6.07, 6.45) is 1.93. The number of hydrogen-bond acceptors (Lipinski definition) is 5. The smallest absolute Gasteiger partial charge is 0.225 e. The normalized spacial score (nSPS) is 10.8. The average Bonchev–Trinajstić information content (AvgIpc) is 3.03. The van der Waals surface area contributed by atoms with Gasteiger partial charge in [0, 0.05) is 41.9 Å². The molecule has 3 aromatic rings. The number of nitrogens with zero attached hydrogens (tertiary/aromatic N) is 4. The van der Waals surface area contributed by atoms with E-state index in [1.165, 1.54) is 20.5 Å². The predicted molar refractivity (Wildman–Crippen MR) is 87.6 cm³/mol. The molecule has 0 aliphatic heterocycles. The third-order valence-electron chi connectivity index (χ3n) is 2.51. The Morgan fingerprint density at radius 1 is 1.37 bits per heavy atom. The minimum Gasteiger partial charge on any atom is -0.266 e. The van der Waals surface area contributed by atoms with E-state index in [0.29, 0.717) is 4.88 Å². The van der Waals surface area contributed by atoms with Crippen LogP contribution in [0.3, 0.4) is 0 Å². The van der Waals surface area contributed by atoms with E-state index >= 15 is 0 Å². The lowest BCUT2D eigenvalue weighted by molar-refractivity contribution is 1.19. The molecule has 0 N–H and O–H groups in total. The summed E-state index contributed by atoms with van der Waals surface area (Å²) >= 11 is 9.57. The van der Waals surface area contributed by atoms with Crippen LogP contribution in [0.5, 0.6) is 0 Å². The van der Waals surface area contributed by atoms with Crippen molar-refractivity contribution >= 4 is 64.3 Å². The predicted octanol–water partition coefficient (Wildman–Crippen LogP) is 4.53. The lowest BCUT2D eigenvalue weighted by Gasteiger charge is -2.02. The second kappa shape index (κ2) is 5.28. The summed E-state index contributed by atoms with van der Waals surface area (Å²) in [6, 6.07) is 7.75. The van der Waals surface area contributed by atoms with Gasteiger partial charge in [0.25, 0.3) is 0 Å². The molecule has 0 aromatic carbocycles. The fourth-order valence-electron chi connectivity index (χ4n) is 1.73. The molecule has 0 saturated carbocycles. The molecule has 0 spiro atoms. The lowest BCUT2D eigenvalue weighted by Crippen LogP contribution is -1.90. The number of nitriles is 1. The summed E-state index contributed by atoms with van der Waals surface area (Å²) in [5.74, 6) is 0. The largest absolute Gasteiger partial charge is 0.266 e. The van der Waals surface area contributed by atoms with E-state index in [2.05, 4.69) is 37.2 Å². The van der Waals surface area contributed by atoms with Crippen molar-refractivity contribution in [3.05, 3.63) is 34.6 Å². The first-order valence-corrected chi connectivity index (χ1v) is 9.58. The van der Waals surface area contributed by atoms with Gasteiger partial charge in [0.1, 0.15) is 10.9 Å². The van der Waals surface area contributed by atoms with Gasteiger partial charge in [-0.2, -0.15) is 10.2 Å². The van der Waals surface area contributed by atoms with Crippen molar-refractivity contribution in [1.82, 2.24) is 13.9 Å². The Morgan fingerprint density at radius 2 is 2.21 bits per heavy atom. The molecule has 0 bridgehead atoms. The second-order valence-corrected chi connectivity index (χ2v) is 6.70. The highest BCUT2D eigenvalue weighted by Gasteiger charge is 2.14. The van der Waals surface area contributed by atoms with Crippen molar-refractivity contribution in [1.29, 1.82) is 5.26 Å². The van der Waals surface area contributed by atoms with Crippen LogP contribution in [-0.4, -0.2) is 13.9 Å². The summed E-state index contributed by atoms with van der Waals surface area (Å²) < 4.78 is 1.92. The van der Waals surface area contributed by atoms with Crippen molar-refractivity contribution in [2.24, 2.45) is 0 Å². The minimum absolute atomic E-state index is 0.208. The molecule has 0 saturated heterocycles. The second-order valence-electron chi connectivity index (χ2n) is 3.56. The molecule has 8 heteroatoms. The quantitative estimate of drug-likeness (QED) is 0.453. The molecule has 3 heterocycles. The van der Waals surface area contributed by atoms with Gasteiger partial charge >= 0.3 is 0 Å². The Balaban J connectivity index is 2.28. The molecule has 0 radical (unpaired) electrons. The summed E-state index contributed by atoms with van der Waals surface area (Å²) in [5, 5.41) is 10.0. The third-order valence-corrected chi connectivity index (χ3v) is 5.39. The molecule has 19 heavy (non-hydrogen) atoms. The molecule has 4 nitrogen and oxygen atoms in total. The highest BCUT2D eigenvalue weighted by atomic mass is 127. The Hall–Kier alpha value is -0.820. The van der Waals surface area contributed by atoms with Gasteiger partial charge < -0.3 is 0 Å². The van der Waals surface area contributed by atoms with E-state index in [0.717, 1.165) is 21.6 Å². The molecule has 3 aromatic heterocycles. The Bertz CT molecular complexity index is 805. The molecule has 0 aliphatic rings. The van der Waals surface area contributed by atoms with E-state index in [1.807, 2.05) is 22.3 Å². The molecule has 3 rings (SSSR count). The van der Waals surface area contributed by atoms with Crippen LogP contribution in [0.25, 0.3) is 21.6 Å². The number of aromatic nitrogens is 3. The number of rotatable bonds is 2. The van der Waals surface area contributed by atoms with Crippen LogP contribution in [0.4, 0.5) is 0 Å². The number of thiophene rings is 1. The van der Waals surface area contributed by atoms with Crippen molar-refractivity contribution < 1.29 is 0 Å². The van der Waals surface area contributed by atoms with Gasteiger partial charge in [-0.1, -0.05) is 0 Å². The Labute approximate surface area is 134 Å². The van der Waals surface area contributed by atoms with Crippen molar-refractivity contribution in [3.8, 4) is 16.6 Å². The first-order chi connectivity index (χ1) is 9.22. The van der Waals surface area contributed by atoms with Crippen LogP contribution in [0.2, 0.25) is 5.28 Å². The van der Waals surface area contributed by atoms with Gasteiger partial charge in [-0.15, -0.1) is 11.3 Å². The molecule has 0 unspecified atom stereocenters. The van der Waals surface area contributed by atoms with Crippen LogP contribution in [0.1, 0.15) is 4.88 Å². The highest BCUT2D eigenvalue weighted by molar-refractivity contribution is 14.2. The molecular weight excluding hydrogens is 415 g/mol. The van der Waals surface area contributed by atoms with E-state index in [-0.39, 0.29) is 5.28 Å². The number of fused-ring (bicyclic) bond motifs is 1. The molecule has 0 fully saturated rings. The van der Waals surface area contributed by atoms with Crippen LogP contribution >= 0.6 is 53.3 Å². The fourth-order valence-corrected chi connectivity index (χ4v) is 3.97. The standard InChI is InChI=1S/C11H4ClIN4S2/c12-11-15-9(8-2-1-6(5-14)18-8)7-3-4-17(19-13)10(7)16-11/h1-4H. The molecular formula is C11H4ClIN4S2. The van der Waals surface area contributed by atoms with Crippen molar-refractivity contribution in [2.75, 3.05) is 0 Å². The summed E-state index contributed by atoms with van der Waals surface area (Å²) in [5.41, 5.74) is 1.55. The lowest BCUT2D eigenvalue weighted by atomic mass is 10.2. The van der Waals surface area contributed by atoms with Gasteiger partial charge in [0.15, 0.2) is 5.65 Å². The van der Waals surface area contributed by atoms with Gasteiger partial charge in [-0.05, 0) is 29.8 Å². The van der Waals surface area contributed by atoms with E-state index in [9.17, 15) is 0 Å². The maximum atomic E-state index is 8.90. The maximum absolute atomic E-state index is 8.90. The number of hydrogen-bond donors (Lipinski definition) is 0. The maximum Gasteiger partial charge on any atom is 0.225 e. The van der Waals surface area contributed by atoms with E-state index in [1.54, 1.807) is 6.07 Å². The zero-order valence-corrected chi connectivity index (χ0v) is 13.7. The van der Waals surface area contributed by atoms with Crippen LogP contribution < -0.4 is 0 Å². The van der Waals surface area contributed by atoms with Gasteiger partial charge in [0.2, 0.25) is 5.28 Å². The van der Waals surface area contributed by atoms with Crippen molar-refractivity contribution in [2.45, 2.75) is 0 Å². The van der Waals surface area contributed by atoms with Gasteiger partial charge in [-0.25, -0.2) is 4.98 Å².